The van der Waals surface area contributed by atoms with Gasteiger partial charge in [0.05, 0.1) is 0 Å². The average molecular weight is 357 g/mol. The highest BCUT2D eigenvalue weighted by Gasteiger charge is 2.51. The monoisotopic (exact) mass is 357 g/mol. The zero-order chi connectivity index (χ0) is 18.1. The van der Waals surface area contributed by atoms with Crippen molar-refractivity contribution < 1.29 is 18.7 Å². The summed E-state index contributed by atoms with van der Waals surface area (Å²) in [6, 6.07) is 5.92. The molecule has 4 bridgehead atoms. The second kappa shape index (κ2) is 6.86. The molecule has 26 heavy (non-hydrogen) atoms. The Bertz CT molecular complexity index is 707. The van der Waals surface area contributed by atoms with E-state index in [0.29, 0.717) is 5.56 Å². The Hall–Kier alpha value is -2.17. The average Bonchev–Trinajstić information content (AvgIpc) is 2.56. The topological polar surface area (TPSA) is 55.4 Å². The van der Waals surface area contributed by atoms with Gasteiger partial charge in [-0.1, -0.05) is 12.1 Å². The lowest BCUT2D eigenvalue weighted by molar-refractivity contribution is -0.145. The lowest BCUT2D eigenvalue weighted by atomic mass is 9.53. The van der Waals surface area contributed by atoms with Gasteiger partial charge in [0, 0.05) is 11.6 Å². The molecular formula is C21H24FNO3. The summed E-state index contributed by atoms with van der Waals surface area (Å²) >= 11 is 0. The maximum atomic E-state index is 13.1. The van der Waals surface area contributed by atoms with Gasteiger partial charge in [0.1, 0.15) is 5.82 Å². The molecule has 4 nitrogen and oxygen atoms in total. The third-order valence-electron chi connectivity index (χ3n) is 6.05. The van der Waals surface area contributed by atoms with Crippen LogP contribution in [-0.2, 0) is 14.3 Å². The first-order valence-corrected chi connectivity index (χ1v) is 9.41. The lowest BCUT2D eigenvalue weighted by Gasteiger charge is -2.56. The van der Waals surface area contributed by atoms with Crippen LogP contribution in [0.1, 0.15) is 44.1 Å². The Balaban J connectivity index is 1.27. The Morgan fingerprint density at radius 1 is 1.15 bits per heavy atom. The molecule has 5 heteroatoms. The molecule has 5 rings (SSSR count). The molecule has 4 aliphatic carbocycles. The number of nitrogens with one attached hydrogen (secondary N) is 1. The second-order valence-corrected chi connectivity index (χ2v) is 8.24. The first-order valence-electron chi connectivity index (χ1n) is 9.41. The van der Waals surface area contributed by atoms with Gasteiger partial charge in [-0.15, -0.1) is 0 Å². The van der Waals surface area contributed by atoms with Crippen LogP contribution in [-0.4, -0.2) is 24.0 Å². The molecule has 138 valence electrons. The van der Waals surface area contributed by atoms with Crippen LogP contribution in [0.4, 0.5) is 4.39 Å². The van der Waals surface area contributed by atoms with Crippen LogP contribution in [0.5, 0.6) is 0 Å². The summed E-state index contributed by atoms with van der Waals surface area (Å²) < 4.78 is 18.1. The van der Waals surface area contributed by atoms with E-state index in [1.807, 2.05) is 0 Å². The largest absolute Gasteiger partial charge is 0.452 e. The van der Waals surface area contributed by atoms with E-state index in [1.165, 1.54) is 43.5 Å². The molecule has 0 heterocycles. The van der Waals surface area contributed by atoms with E-state index in [9.17, 15) is 14.0 Å². The number of halogens is 1. The van der Waals surface area contributed by atoms with E-state index in [4.69, 9.17) is 4.74 Å². The first-order chi connectivity index (χ1) is 12.5. The van der Waals surface area contributed by atoms with E-state index in [0.717, 1.165) is 37.0 Å². The minimum atomic E-state index is -0.602. The van der Waals surface area contributed by atoms with Crippen LogP contribution in [0.2, 0.25) is 0 Å². The van der Waals surface area contributed by atoms with Crippen LogP contribution in [0.25, 0.3) is 6.08 Å². The number of hydrogen-bond acceptors (Lipinski definition) is 3. The van der Waals surface area contributed by atoms with E-state index >= 15 is 0 Å². The summed E-state index contributed by atoms with van der Waals surface area (Å²) in [6.07, 6.45) is 9.84. The van der Waals surface area contributed by atoms with Crippen molar-refractivity contribution in [3.05, 3.63) is 41.7 Å². The van der Waals surface area contributed by atoms with Gasteiger partial charge in [0.25, 0.3) is 5.91 Å². The third kappa shape index (κ3) is 3.81. The molecule has 0 atom stereocenters. The number of benzene rings is 1. The molecule has 1 aromatic carbocycles. The van der Waals surface area contributed by atoms with Crippen molar-refractivity contribution in [2.75, 3.05) is 6.61 Å². The van der Waals surface area contributed by atoms with Crippen molar-refractivity contribution in [1.29, 1.82) is 0 Å². The minimum absolute atomic E-state index is 0.0738. The fourth-order valence-electron chi connectivity index (χ4n) is 5.55. The smallest absolute Gasteiger partial charge is 0.331 e. The maximum Gasteiger partial charge on any atom is 0.331 e. The normalized spacial score (nSPS) is 32.0. The molecular weight excluding hydrogens is 333 g/mol. The number of ether oxygens (including phenoxy) is 1. The van der Waals surface area contributed by atoms with Crippen molar-refractivity contribution in [1.82, 2.24) is 5.32 Å². The van der Waals surface area contributed by atoms with Crippen LogP contribution in [0.15, 0.2) is 30.3 Å². The molecule has 0 aromatic heterocycles. The van der Waals surface area contributed by atoms with Crippen LogP contribution < -0.4 is 5.32 Å². The summed E-state index contributed by atoms with van der Waals surface area (Å²) in [6.45, 7) is -0.270. The quantitative estimate of drug-likeness (QED) is 0.648. The number of carbonyl (C=O) groups is 2. The summed E-state index contributed by atoms with van der Waals surface area (Å²) in [5.74, 6) is 1.06. The number of carbonyl (C=O) groups excluding carboxylic acids is 2. The SMILES string of the molecule is O=C(COC(=O)C=Cc1cccc(F)c1)NC12CC3CC(CC(C3)C1)C2. The van der Waals surface area contributed by atoms with E-state index in [2.05, 4.69) is 5.32 Å². The maximum absolute atomic E-state index is 13.1. The zero-order valence-corrected chi connectivity index (χ0v) is 14.7. The van der Waals surface area contributed by atoms with Crippen molar-refractivity contribution in [3.8, 4) is 0 Å². The standard InChI is InChI=1S/C21H24FNO3/c22-18-3-1-2-14(9-18)4-5-20(25)26-13-19(24)23-21-10-15-6-16(11-21)8-17(7-15)12-21/h1-5,9,15-17H,6-8,10-13H2,(H,23,24). The molecule has 4 saturated carbocycles. The molecule has 1 N–H and O–H groups in total. The van der Waals surface area contributed by atoms with Gasteiger partial charge in [0.15, 0.2) is 6.61 Å². The number of rotatable bonds is 5. The Morgan fingerprint density at radius 3 is 2.42 bits per heavy atom. The van der Waals surface area contributed by atoms with Gasteiger partial charge in [-0.25, -0.2) is 9.18 Å². The molecule has 4 aliphatic rings. The number of hydrogen-bond donors (Lipinski definition) is 1. The predicted octanol–water partition coefficient (Wildman–Crippen LogP) is 3.47. The van der Waals surface area contributed by atoms with Crippen molar-refractivity contribution >= 4 is 18.0 Å². The molecule has 1 aromatic rings. The highest BCUT2D eigenvalue weighted by atomic mass is 19.1. The van der Waals surface area contributed by atoms with Crippen molar-refractivity contribution in [2.45, 2.75) is 44.1 Å². The molecule has 0 unspecified atom stereocenters. The van der Waals surface area contributed by atoms with Gasteiger partial charge in [-0.05, 0) is 80.1 Å². The molecule has 4 fully saturated rings. The molecule has 1 amide bonds. The first kappa shape index (κ1) is 17.3. The molecule has 0 aliphatic heterocycles. The summed E-state index contributed by atoms with van der Waals surface area (Å²) in [4.78, 5) is 24.1. The van der Waals surface area contributed by atoms with Gasteiger partial charge in [-0.3, -0.25) is 4.79 Å². The van der Waals surface area contributed by atoms with E-state index in [1.54, 1.807) is 12.1 Å². The number of esters is 1. The zero-order valence-electron chi connectivity index (χ0n) is 14.7. The van der Waals surface area contributed by atoms with Crippen LogP contribution >= 0.6 is 0 Å². The van der Waals surface area contributed by atoms with Crippen LogP contribution in [0.3, 0.4) is 0 Å². The lowest BCUT2D eigenvalue weighted by Crippen LogP contribution is -2.60. The molecule has 0 spiro atoms. The highest BCUT2D eigenvalue weighted by Crippen LogP contribution is 2.55. The van der Waals surface area contributed by atoms with Crippen molar-refractivity contribution in [2.24, 2.45) is 17.8 Å². The Kier molecular flexibility index (Phi) is 4.55. The van der Waals surface area contributed by atoms with Gasteiger partial charge < -0.3 is 10.1 Å². The fraction of sp³-hybridized carbons (Fsp3) is 0.524. The summed E-state index contributed by atoms with van der Waals surface area (Å²) in [5.41, 5.74) is 0.496. The molecule has 0 saturated heterocycles. The fourth-order valence-corrected chi connectivity index (χ4v) is 5.55. The van der Waals surface area contributed by atoms with Gasteiger partial charge in [0.2, 0.25) is 0 Å². The van der Waals surface area contributed by atoms with Gasteiger partial charge >= 0.3 is 5.97 Å². The van der Waals surface area contributed by atoms with Gasteiger partial charge in [-0.2, -0.15) is 0 Å². The predicted molar refractivity (Wildman–Crippen MR) is 95.4 cm³/mol. The number of amides is 1. The van der Waals surface area contributed by atoms with Crippen LogP contribution in [0, 0.1) is 23.6 Å². The summed E-state index contributed by atoms with van der Waals surface area (Å²) in [7, 11) is 0. The Labute approximate surface area is 152 Å². The highest BCUT2D eigenvalue weighted by molar-refractivity contribution is 5.89. The minimum Gasteiger partial charge on any atom is -0.452 e. The van der Waals surface area contributed by atoms with E-state index in [-0.39, 0.29) is 23.9 Å². The molecule has 0 radical (unpaired) electrons. The second-order valence-electron chi connectivity index (χ2n) is 8.24. The van der Waals surface area contributed by atoms with E-state index < -0.39 is 5.97 Å². The third-order valence-corrected chi connectivity index (χ3v) is 6.05. The van der Waals surface area contributed by atoms with Crippen molar-refractivity contribution in [3.63, 3.8) is 0 Å². The Morgan fingerprint density at radius 2 is 1.81 bits per heavy atom. The summed E-state index contributed by atoms with van der Waals surface area (Å²) in [5, 5.41) is 3.17.